The first kappa shape index (κ1) is 29.7. The Morgan fingerprint density at radius 3 is 2.50 bits per heavy atom. The van der Waals surface area contributed by atoms with Gasteiger partial charge in [-0.25, -0.2) is 4.39 Å². The number of aliphatic hydroxyl groups is 1. The van der Waals surface area contributed by atoms with Gasteiger partial charge in [0, 0.05) is 38.2 Å². The van der Waals surface area contributed by atoms with Crippen molar-refractivity contribution in [2.75, 3.05) is 33.5 Å². The van der Waals surface area contributed by atoms with Crippen LogP contribution in [0.1, 0.15) is 39.2 Å². The molecule has 7 nitrogen and oxygen atoms in total. The number of carbonyl (C=O) groups excluding carboxylic acids is 1. The highest BCUT2D eigenvalue weighted by Gasteiger charge is 2.27. The molecule has 0 fully saturated rings. The predicted octanol–water partition coefficient (Wildman–Crippen LogP) is 3.91. The summed E-state index contributed by atoms with van der Waals surface area (Å²) in [5.74, 6) is 0.0726. The van der Waals surface area contributed by atoms with Crippen molar-refractivity contribution < 1.29 is 28.5 Å². The van der Waals surface area contributed by atoms with Crippen LogP contribution in [0.15, 0.2) is 42.5 Å². The van der Waals surface area contributed by atoms with Crippen molar-refractivity contribution in [1.82, 2.24) is 5.32 Å². The van der Waals surface area contributed by atoms with Crippen LogP contribution in [0.25, 0.3) is 11.1 Å². The van der Waals surface area contributed by atoms with E-state index in [0.29, 0.717) is 25.5 Å². The van der Waals surface area contributed by atoms with Crippen molar-refractivity contribution >= 4 is 5.91 Å². The number of nitrogens with two attached hydrogens (primary N) is 1. The smallest absolute Gasteiger partial charge is 0.223 e. The van der Waals surface area contributed by atoms with Crippen LogP contribution in [-0.4, -0.2) is 56.6 Å². The number of aliphatic hydroxyl groups excluding tert-OH is 1. The Bertz CT molecular complexity index is 923. The van der Waals surface area contributed by atoms with E-state index in [2.05, 4.69) is 5.32 Å². The van der Waals surface area contributed by atoms with Gasteiger partial charge in [0.15, 0.2) is 0 Å². The van der Waals surface area contributed by atoms with Gasteiger partial charge < -0.3 is 30.4 Å². The third-order valence-electron chi connectivity index (χ3n) is 6.01. The molecule has 8 heteroatoms. The summed E-state index contributed by atoms with van der Waals surface area (Å²) in [5, 5.41) is 13.4. The van der Waals surface area contributed by atoms with Gasteiger partial charge in [0.05, 0.1) is 32.0 Å². The summed E-state index contributed by atoms with van der Waals surface area (Å²) < 4.78 is 30.3. The topological polar surface area (TPSA) is 103 Å². The molecule has 0 heterocycles. The van der Waals surface area contributed by atoms with Gasteiger partial charge in [-0.2, -0.15) is 0 Å². The molecule has 0 bridgehead atoms. The van der Waals surface area contributed by atoms with Gasteiger partial charge in [-0.3, -0.25) is 4.79 Å². The fraction of sp³-hybridized carbons (Fsp3) is 0.536. The molecule has 2 rings (SSSR count). The van der Waals surface area contributed by atoms with Gasteiger partial charge in [-0.15, -0.1) is 0 Å². The summed E-state index contributed by atoms with van der Waals surface area (Å²) in [5.41, 5.74) is 8.75. The molecule has 0 unspecified atom stereocenters. The number of nitrogens with one attached hydrogen (secondary N) is 1. The zero-order chi connectivity index (χ0) is 26.5. The van der Waals surface area contributed by atoms with E-state index in [-0.39, 0.29) is 43.2 Å². The number of hydrogen-bond donors (Lipinski definition) is 3. The lowest BCUT2D eigenvalue weighted by molar-refractivity contribution is -0.127. The second-order valence-corrected chi connectivity index (χ2v) is 9.26. The summed E-state index contributed by atoms with van der Waals surface area (Å²) in [4.78, 5) is 12.3. The van der Waals surface area contributed by atoms with Gasteiger partial charge in [-0.1, -0.05) is 38.1 Å². The molecule has 0 saturated heterocycles. The van der Waals surface area contributed by atoms with E-state index in [1.54, 1.807) is 19.2 Å². The number of ether oxygens (including phenoxy) is 3. The summed E-state index contributed by atoms with van der Waals surface area (Å²) in [6.07, 6.45) is 0.154. The van der Waals surface area contributed by atoms with E-state index in [0.717, 1.165) is 23.1 Å². The third-order valence-corrected chi connectivity index (χ3v) is 6.01. The van der Waals surface area contributed by atoms with Gasteiger partial charge in [0.2, 0.25) is 5.91 Å². The number of carbonyl (C=O) groups is 1. The third kappa shape index (κ3) is 9.50. The maximum absolute atomic E-state index is 13.4. The van der Waals surface area contributed by atoms with Crippen LogP contribution in [0.3, 0.4) is 0 Å². The molecular weight excluding hydrogens is 463 g/mol. The number of halogens is 1. The minimum atomic E-state index is -0.861. The second kappa shape index (κ2) is 15.6. The minimum absolute atomic E-state index is 0.0704. The Morgan fingerprint density at radius 2 is 1.86 bits per heavy atom. The molecule has 2 aromatic rings. The largest absolute Gasteiger partial charge is 0.493 e. The van der Waals surface area contributed by atoms with Gasteiger partial charge in [0.25, 0.3) is 0 Å². The van der Waals surface area contributed by atoms with E-state index < -0.39 is 12.1 Å². The van der Waals surface area contributed by atoms with E-state index in [4.69, 9.17) is 19.9 Å². The molecule has 2 aromatic carbocycles. The van der Waals surface area contributed by atoms with Crippen molar-refractivity contribution in [3.05, 3.63) is 53.8 Å². The second-order valence-electron chi connectivity index (χ2n) is 9.26. The van der Waals surface area contributed by atoms with Crippen molar-refractivity contribution in [1.29, 1.82) is 0 Å². The minimum Gasteiger partial charge on any atom is -0.493 e. The van der Waals surface area contributed by atoms with Gasteiger partial charge in [0.1, 0.15) is 11.6 Å². The molecule has 200 valence electrons. The fourth-order valence-electron chi connectivity index (χ4n) is 3.88. The number of rotatable bonds is 16. The Kier molecular flexibility index (Phi) is 12.8. The van der Waals surface area contributed by atoms with Gasteiger partial charge in [-0.05, 0) is 48.6 Å². The quantitative estimate of drug-likeness (QED) is 0.300. The van der Waals surface area contributed by atoms with E-state index in [1.807, 2.05) is 39.0 Å². The highest BCUT2D eigenvalue weighted by molar-refractivity contribution is 5.78. The molecule has 0 spiro atoms. The predicted molar refractivity (Wildman–Crippen MR) is 139 cm³/mol. The van der Waals surface area contributed by atoms with Crippen LogP contribution in [0.4, 0.5) is 4.39 Å². The molecular formula is C28H41FN2O5. The van der Waals surface area contributed by atoms with E-state index >= 15 is 0 Å². The highest BCUT2D eigenvalue weighted by Crippen LogP contribution is 2.32. The Hall–Kier alpha value is -2.52. The van der Waals surface area contributed by atoms with Crippen LogP contribution in [0.2, 0.25) is 0 Å². The number of methoxy groups -OCH3 is 1. The zero-order valence-corrected chi connectivity index (χ0v) is 21.8. The maximum atomic E-state index is 13.4. The number of hydrogen-bond acceptors (Lipinski definition) is 6. The SMILES string of the molecule is CCNC(=O)[C@@H](C[C@H](O)[C@@H](N)COCc1ccc(-c2ccc(F)cc2)c(OCCCOC)c1)C(C)C. The summed E-state index contributed by atoms with van der Waals surface area (Å²) in [7, 11) is 1.65. The van der Waals surface area contributed by atoms with Gasteiger partial charge >= 0.3 is 0 Å². The van der Waals surface area contributed by atoms with Crippen molar-refractivity contribution in [2.45, 2.75) is 52.4 Å². The number of amides is 1. The fourth-order valence-corrected chi connectivity index (χ4v) is 3.88. The Labute approximate surface area is 214 Å². The molecule has 1 amide bonds. The maximum Gasteiger partial charge on any atom is 0.223 e. The monoisotopic (exact) mass is 504 g/mol. The van der Waals surface area contributed by atoms with E-state index in [1.165, 1.54) is 12.1 Å². The first-order valence-electron chi connectivity index (χ1n) is 12.6. The molecule has 0 aliphatic heterocycles. The van der Waals surface area contributed by atoms with Crippen molar-refractivity contribution in [3.8, 4) is 16.9 Å². The molecule has 0 aromatic heterocycles. The zero-order valence-electron chi connectivity index (χ0n) is 21.8. The van der Waals surface area contributed by atoms with Crippen molar-refractivity contribution in [2.24, 2.45) is 17.6 Å². The summed E-state index contributed by atoms with van der Waals surface area (Å²) in [6.45, 7) is 7.82. The molecule has 3 atom stereocenters. The van der Waals surface area contributed by atoms with Crippen molar-refractivity contribution in [3.63, 3.8) is 0 Å². The summed E-state index contributed by atoms with van der Waals surface area (Å²) in [6, 6.07) is 11.4. The average Bonchev–Trinajstić information content (AvgIpc) is 2.85. The molecule has 36 heavy (non-hydrogen) atoms. The van der Waals surface area contributed by atoms with Crippen LogP contribution >= 0.6 is 0 Å². The van der Waals surface area contributed by atoms with Crippen LogP contribution in [0.5, 0.6) is 5.75 Å². The highest BCUT2D eigenvalue weighted by atomic mass is 19.1. The standard InChI is InChI=1S/C28H41FN2O5/c1-5-31-28(33)24(19(2)3)16-26(32)25(30)18-35-17-20-7-12-23(21-8-10-22(29)11-9-21)27(15-20)36-14-6-13-34-4/h7-12,15,19,24-26,32H,5-6,13-14,16-18,30H2,1-4H3,(H,31,33)/t24-,25-,26-/m0/s1. The lowest BCUT2D eigenvalue weighted by Gasteiger charge is -2.26. The lowest BCUT2D eigenvalue weighted by atomic mass is 9.87. The number of benzene rings is 2. The first-order chi connectivity index (χ1) is 17.3. The Morgan fingerprint density at radius 1 is 1.14 bits per heavy atom. The van der Waals surface area contributed by atoms with Crippen LogP contribution in [-0.2, 0) is 20.9 Å². The average molecular weight is 505 g/mol. The molecule has 4 N–H and O–H groups in total. The van der Waals surface area contributed by atoms with E-state index in [9.17, 15) is 14.3 Å². The molecule has 0 saturated carbocycles. The Balaban J connectivity index is 2.00. The molecule has 0 aliphatic rings. The first-order valence-corrected chi connectivity index (χ1v) is 12.6. The molecule has 0 aliphatic carbocycles. The molecule has 0 radical (unpaired) electrons. The normalized spacial score (nSPS) is 13.9. The van der Waals surface area contributed by atoms with Crippen LogP contribution in [0, 0.1) is 17.7 Å². The lowest BCUT2D eigenvalue weighted by Crippen LogP contribution is -2.43. The van der Waals surface area contributed by atoms with Crippen LogP contribution < -0.4 is 15.8 Å². The summed E-state index contributed by atoms with van der Waals surface area (Å²) >= 11 is 0.